The number of aromatic amines is 2. The first-order chi connectivity index (χ1) is 26.2. The first-order valence-corrected chi connectivity index (χ1v) is 18.9. The van der Waals surface area contributed by atoms with Crippen LogP contribution < -0.4 is 10.6 Å². The maximum atomic E-state index is 12.9. The van der Waals surface area contributed by atoms with Crippen molar-refractivity contribution in [2.45, 2.75) is 91.4 Å². The molecule has 0 spiro atoms. The molecule has 2 saturated heterocycles. The number of benzene rings is 2. The standard InChI is InChI=1S/C40H48N8O7/c1-19(2)31(37(49)45-39(51)52)47-15-7-9-29(47)35-41-25-13-11-23(17-27(25)43-35)33-21(5)22(6)34(55-33)24-12-14-26-28(18-24)44-36(42-26)30-10-8-16-48(30)32(20(3)4)38(50)46-40(53)54/h11-14,17-20,29-32H,7-10,15-16H2,1-6H3,(H,41,43)(H,42,44)(H,45,49)(H,46,50)(H,51,52)(H,53,54)/t29?,30?,31-,32-/m0/s1. The van der Waals surface area contributed by atoms with Gasteiger partial charge < -0.3 is 24.6 Å². The molecule has 290 valence electrons. The number of carboxylic acid groups (broad SMARTS) is 2. The van der Waals surface area contributed by atoms with Gasteiger partial charge in [-0.25, -0.2) is 19.6 Å². The summed E-state index contributed by atoms with van der Waals surface area (Å²) in [6.07, 6.45) is 0.585. The first-order valence-electron chi connectivity index (χ1n) is 18.9. The fraction of sp³-hybridized carbons (Fsp3) is 0.450. The van der Waals surface area contributed by atoms with E-state index in [1.165, 1.54) is 0 Å². The highest BCUT2D eigenvalue weighted by Crippen LogP contribution is 2.40. The lowest BCUT2D eigenvalue weighted by Gasteiger charge is -2.33. The molecular formula is C40H48N8O7. The number of likely N-dealkylation sites (tertiary alicyclic amines) is 2. The predicted octanol–water partition coefficient (Wildman–Crippen LogP) is 6.89. The highest BCUT2D eigenvalue weighted by molar-refractivity contribution is 5.95. The van der Waals surface area contributed by atoms with Gasteiger partial charge in [0.25, 0.3) is 0 Å². The van der Waals surface area contributed by atoms with E-state index in [4.69, 9.17) is 14.4 Å². The van der Waals surface area contributed by atoms with Gasteiger partial charge in [0.2, 0.25) is 11.8 Å². The van der Waals surface area contributed by atoms with E-state index in [9.17, 15) is 29.4 Å². The van der Waals surface area contributed by atoms with Crippen molar-refractivity contribution >= 4 is 46.1 Å². The molecule has 4 amide bonds. The van der Waals surface area contributed by atoms with Gasteiger partial charge in [-0.3, -0.25) is 30.0 Å². The molecule has 15 heteroatoms. The number of H-pyrrole nitrogens is 2. The van der Waals surface area contributed by atoms with Gasteiger partial charge in [0.1, 0.15) is 23.2 Å². The van der Waals surface area contributed by atoms with Gasteiger partial charge in [-0.2, -0.15) is 0 Å². The van der Waals surface area contributed by atoms with Gasteiger partial charge in [-0.1, -0.05) is 27.7 Å². The van der Waals surface area contributed by atoms with Gasteiger partial charge >= 0.3 is 12.2 Å². The molecule has 5 aromatic rings. The minimum absolute atomic E-state index is 0.104. The maximum Gasteiger partial charge on any atom is 0.411 e. The van der Waals surface area contributed by atoms with Crippen LogP contribution in [0.1, 0.15) is 88.2 Å². The smallest absolute Gasteiger partial charge is 0.411 e. The molecule has 15 nitrogen and oxygen atoms in total. The second-order valence-electron chi connectivity index (χ2n) is 15.5. The maximum absolute atomic E-state index is 12.9. The summed E-state index contributed by atoms with van der Waals surface area (Å²) in [5, 5.41) is 22.5. The Morgan fingerprint density at radius 3 is 1.47 bits per heavy atom. The number of imidazole rings is 2. The van der Waals surface area contributed by atoms with E-state index in [0.717, 1.165) is 93.2 Å². The minimum Gasteiger partial charge on any atom is -0.465 e. The fourth-order valence-corrected chi connectivity index (χ4v) is 8.66. The second kappa shape index (κ2) is 14.9. The monoisotopic (exact) mass is 752 g/mol. The Hall–Kier alpha value is -5.54. The van der Waals surface area contributed by atoms with Crippen LogP contribution in [0.15, 0.2) is 40.8 Å². The first kappa shape index (κ1) is 37.8. The molecule has 2 aromatic carbocycles. The Morgan fingerprint density at radius 2 is 1.11 bits per heavy atom. The summed E-state index contributed by atoms with van der Waals surface area (Å²) in [5.74, 6) is 1.68. The molecule has 2 aliphatic rings. The van der Waals surface area contributed by atoms with Crippen molar-refractivity contribution in [3.8, 4) is 22.6 Å². The highest BCUT2D eigenvalue weighted by Gasteiger charge is 2.40. The number of nitrogens with zero attached hydrogens (tertiary/aromatic N) is 4. The van der Waals surface area contributed by atoms with Crippen molar-refractivity contribution in [1.29, 1.82) is 0 Å². The SMILES string of the molecule is Cc1c(-c2ccc3[nH]c(C4CCCN4[C@H](C(=O)NC(=O)O)C(C)C)nc3c2)oc(-c2ccc3[nH]c(C4CCCN4[C@H](C(=O)NC(=O)O)C(C)C)nc3c2)c1C. The molecule has 0 bridgehead atoms. The predicted molar refractivity (Wildman–Crippen MR) is 205 cm³/mol. The fourth-order valence-electron chi connectivity index (χ4n) is 8.66. The topological polar surface area (TPSA) is 210 Å². The number of nitrogens with one attached hydrogen (secondary N) is 4. The quantitative estimate of drug-likeness (QED) is 0.0865. The van der Waals surface area contributed by atoms with Crippen LogP contribution in [-0.2, 0) is 9.59 Å². The van der Waals surface area contributed by atoms with Crippen LogP contribution in [0, 0.1) is 25.7 Å². The van der Waals surface area contributed by atoms with E-state index in [1.807, 2.05) is 88.6 Å². The minimum atomic E-state index is -1.36. The summed E-state index contributed by atoms with van der Waals surface area (Å²) < 4.78 is 6.62. The van der Waals surface area contributed by atoms with Gasteiger partial charge in [0, 0.05) is 11.1 Å². The molecular weight excluding hydrogens is 704 g/mol. The van der Waals surface area contributed by atoms with Crippen LogP contribution in [-0.4, -0.2) is 89.1 Å². The highest BCUT2D eigenvalue weighted by atomic mass is 16.4. The number of hydrogen-bond donors (Lipinski definition) is 6. The molecule has 7 rings (SSSR count). The molecule has 0 aliphatic carbocycles. The van der Waals surface area contributed by atoms with Crippen molar-refractivity contribution in [2.75, 3.05) is 13.1 Å². The molecule has 0 saturated carbocycles. The number of fused-ring (bicyclic) bond motifs is 2. The third kappa shape index (κ3) is 7.21. The Kier molecular flexibility index (Phi) is 10.3. The van der Waals surface area contributed by atoms with Crippen LogP contribution in [0.3, 0.4) is 0 Å². The molecule has 5 heterocycles. The van der Waals surface area contributed by atoms with Crippen molar-refractivity contribution in [3.05, 3.63) is 59.2 Å². The molecule has 4 atom stereocenters. The Bertz CT molecular complexity index is 2130. The van der Waals surface area contributed by atoms with Crippen molar-refractivity contribution in [2.24, 2.45) is 11.8 Å². The number of rotatable bonds is 10. The zero-order valence-corrected chi connectivity index (χ0v) is 31.9. The Morgan fingerprint density at radius 1 is 0.709 bits per heavy atom. The Balaban J connectivity index is 1.15. The van der Waals surface area contributed by atoms with E-state index in [2.05, 4.69) is 19.8 Å². The number of amides is 4. The normalized spacial score (nSPS) is 19.1. The molecule has 0 radical (unpaired) electrons. The van der Waals surface area contributed by atoms with E-state index >= 15 is 0 Å². The van der Waals surface area contributed by atoms with E-state index < -0.39 is 36.1 Å². The van der Waals surface area contributed by atoms with Gasteiger partial charge in [-0.05, 0) is 112 Å². The number of hydrogen-bond acceptors (Lipinski definition) is 9. The molecule has 55 heavy (non-hydrogen) atoms. The van der Waals surface area contributed by atoms with Crippen LogP contribution in [0.2, 0.25) is 0 Å². The average Bonchev–Trinajstić information content (AvgIpc) is 3.94. The van der Waals surface area contributed by atoms with Gasteiger partial charge in [0.05, 0.1) is 46.2 Å². The van der Waals surface area contributed by atoms with Crippen LogP contribution >= 0.6 is 0 Å². The van der Waals surface area contributed by atoms with Crippen LogP contribution in [0.25, 0.3) is 44.7 Å². The number of carbonyl (C=O) groups is 4. The number of aromatic nitrogens is 4. The lowest BCUT2D eigenvalue weighted by molar-refractivity contribution is -0.128. The zero-order chi connectivity index (χ0) is 39.3. The number of carbonyl (C=O) groups excluding carboxylic acids is 2. The zero-order valence-electron chi connectivity index (χ0n) is 31.9. The van der Waals surface area contributed by atoms with Gasteiger partial charge in [0.15, 0.2) is 0 Å². The van der Waals surface area contributed by atoms with Crippen molar-refractivity contribution in [1.82, 2.24) is 40.4 Å². The van der Waals surface area contributed by atoms with Crippen LogP contribution in [0.4, 0.5) is 9.59 Å². The summed E-state index contributed by atoms with van der Waals surface area (Å²) in [6, 6.07) is 10.4. The number of furan rings is 1. The molecule has 2 fully saturated rings. The van der Waals surface area contributed by atoms with Crippen LogP contribution in [0.5, 0.6) is 0 Å². The van der Waals surface area contributed by atoms with E-state index in [1.54, 1.807) is 0 Å². The summed E-state index contributed by atoms with van der Waals surface area (Å²) in [5.41, 5.74) is 6.97. The number of imide groups is 2. The lowest BCUT2D eigenvalue weighted by atomic mass is 10.0. The molecule has 2 aliphatic heterocycles. The summed E-state index contributed by atoms with van der Waals surface area (Å²) in [4.78, 5) is 69.3. The third-order valence-electron chi connectivity index (χ3n) is 11.2. The lowest BCUT2D eigenvalue weighted by Crippen LogP contribution is -2.50. The van der Waals surface area contributed by atoms with E-state index in [0.29, 0.717) is 13.1 Å². The molecule has 3 aromatic heterocycles. The molecule has 2 unspecified atom stereocenters. The van der Waals surface area contributed by atoms with Crippen molar-refractivity contribution < 1.29 is 33.8 Å². The van der Waals surface area contributed by atoms with Gasteiger partial charge in [-0.15, -0.1) is 0 Å². The average molecular weight is 753 g/mol. The summed E-state index contributed by atoms with van der Waals surface area (Å²) >= 11 is 0. The second-order valence-corrected chi connectivity index (χ2v) is 15.5. The largest absolute Gasteiger partial charge is 0.465 e. The van der Waals surface area contributed by atoms with Crippen molar-refractivity contribution in [3.63, 3.8) is 0 Å². The third-order valence-corrected chi connectivity index (χ3v) is 11.2. The molecule has 6 N–H and O–H groups in total. The summed E-state index contributed by atoms with van der Waals surface area (Å²) in [6.45, 7) is 13.1. The van der Waals surface area contributed by atoms with E-state index in [-0.39, 0.29) is 23.9 Å². The summed E-state index contributed by atoms with van der Waals surface area (Å²) in [7, 11) is 0. The Labute approximate surface area is 317 Å².